The van der Waals surface area contributed by atoms with E-state index in [9.17, 15) is 0 Å². The molecule has 0 unspecified atom stereocenters. The van der Waals surface area contributed by atoms with Crippen molar-refractivity contribution in [3.8, 4) is 11.3 Å². The minimum absolute atomic E-state index is 0. The second kappa shape index (κ2) is 7.27. The Hall–Kier alpha value is -1.70. The van der Waals surface area contributed by atoms with Crippen LogP contribution < -0.4 is 5.73 Å². The first-order valence-corrected chi connectivity index (χ1v) is 8.75. The van der Waals surface area contributed by atoms with E-state index in [1.807, 2.05) is 24.3 Å². The first-order valence-electron chi connectivity index (χ1n) is 7.96. The largest absolute Gasteiger partial charge is 0.441 e. The fourth-order valence-corrected chi connectivity index (χ4v) is 3.25. The molecule has 0 bridgehead atoms. The number of hydrogen-bond donors (Lipinski definition) is 1. The third-order valence-electron chi connectivity index (χ3n) is 4.40. The summed E-state index contributed by atoms with van der Waals surface area (Å²) in [5, 5.41) is 4.02. The second-order valence-electron chi connectivity index (χ2n) is 6.12. The number of aryl methyl sites for hydroxylation is 2. The zero-order valence-electron chi connectivity index (χ0n) is 13.4. The van der Waals surface area contributed by atoms with Crippen LogP contribution in [0.1, 0.15) is 36.9 Å². The molecule has 2 N–H and O–H groups in total. The van der Waals surface area contributed by atoms with E-state index >= 15 is 0 Å². The molecule has 0 atom stereocenters. The summed E-state index contributed by atoms with van der Waals surface area (Å²) in [4.78, 5) is 8.75. The van der Waals surface area contributed by atoms with E-state index in [0.29, 0.717) is 30.4 Å². The SMILES string of the molecule is Cl.NC1(c2noc(CCc3ncc(-c4ccccc4Br)o3)n2)CCC1. The van der Waals surface area contributed by atoms with Gasteiger partial charge < -0.3 is 14.7 Å². The molecule has 0 spiro atoms. The molecule has 0 saturated heterocycles. The number of rotatable bonds is 5. The van der Waals surface area contributed by atoms with Gasteiger partial charge in [0.15, 0.2) is 17.5 Å². The monoisotopic (exact) mass is 424 g/mol. The van der Waals surface area contributed by atoms with Gasteiger partial charge in [0.25, 0.3) is 0 Å². The van der Waals surface area contributed by atoms with Gasteiger partial charge in [0.1, 0.15) is 0 Å². The molecule has 1 aliphatic rings. The van der Waals surface area contributed by atoms with Crippen LogP contribution in [0, 0.1) is 0 Å². The van der Waals surface area contributed by atoms with Gasteiger partial charge in [0, 0.05) is 22.9 Å². The highest BCUT2D eigenvalue weighted by atomic mass is 79.9. The molecule has 0 aliphatic heterocycles. The molecule has 25 heavy (non-hydrogen) atoms. The zero-order valence-corrected chi connectivity index (χ0v) is 15.8. The van der Waals surface area contributed by atoms with Crippen LogP contribution in [0.15, 0.2) is 43.9 Å². The van der Waals surface area contributed by atoms with E-state index in [4.69, 9.17) is 14.7 Å². The lowest BCUT2D eigenvalue weighted by Crippen LogP contribution is -2.44. The first-order chi connectivity index (χ1) is 11.6. The Morgan fingerprint density at radius 2 is 1.92 bits per heavy atom. The Balaban J connectivity index is 0.00000182. The number of nitrogens with two attached hydrogens (primary N) is 1. The summed E-state index contributed by atoms with van der Waals surface area (Å²) in [7, 11) is 0. The highest BCUT2D eigenvalue weighted by Gasteiger charge is 2.38. The predicted molar refractivity (Wildman–Crippen MR) is 98.3 cm³/mol. The second-order valence-corrected chi connectivity index (χ2v) is 6.97. The topological polar surface area (TPSA) is 91.0 Å². The van der Waals surface area contributed by atoms with Gasteiger partial charge in [-0.15, -0.1) is 12.4 Å². The molecular formula is C17H18BrClN4O2. The molecule has 1 fully saturated rings. The molecule has 1 aromatic carbocycles. The van der Waals surface area contributed by atoms with Crippen LogP contribution in [-0.2, 0) is 18.4 Å². The molecule has 2 aromatic heterocycles. The Morgan fingerprint density at radius 1 is 1.16 bits per heavy atom. The van der Waals surface area contributed by atoms with Crippen LogP contribution in [-0.4, -0.2) is 15.1 Å². The van der Waals surface area contributed by atoms with Crippen molar-refractivity contribution >= 4 is 28.3 Å². The molecular weight excluding hydrogens is 408 g/mol. The number of halogens is 2. The van der Waals surface area contributed by atoms with E-state index in [2.05, 4.69) is 31.1 Å². The normalized spacial score (nSPS) is 15.4. The molecule has 6 nitrogen and oxygen atoms in total. The van der Waals surface area contributed by atoms with Crippen molar-refractivity contribution in [2.45, 2.75) is 37.6 Å². The maximum absolute atomic E-state index is 6.21. The van der Waals surface area contributed by atoms with Gasteiger partial charge in [0.2, 0.25) is 5.89 Å². The van der Waals surface area contributed by atoms with Crippen LogP contribution in [0.2, 0.25) is 0 Å². The Labute approximate surface area is 159 Å². The molecule has 4 rings (SSSR count). The summed E-state index contributed by atoms with van der Waals surface area (Å²) in [6.07, 6.45) is 5.87. The maximum Gasteiger partial charge on any atom is 0.227 e. The molecule has 1 aliphatic carbocycles. The maximum atomic E-state index is 6.21. The van der Waals surface area contributed by atoms with Gasteiger partial charge >= 0.3 is 0 Å². The lowest BCUT2D eigenvalue weighted by molar-refractivity contribution is 0.229. The fraction of sp³-hybridized carbons (Fsp3) is 0.353. The zero-order chi connectivity index (χ0) is 16.6. The van der Waals surface area contributed by atoms with E-state index in [1.165, 1.54) is 0 Å². The lowest BCUT2D eigenvalue weighted by Gasteiger charge is -2.34. The van der Waals surface area contributed by atoms with E-state index in [-0.39, 0.29) is 12.4 Å². The highest BCUT2D eigenvalue weighted by molar-refractivity contribution is 9.10. The summed E-state index contributed by atoms with van der Waals surface area (Å²) < 4.78 is 12.1. The molecule has 1 saturated carbocycles. The molecule has 132 valence electrons. The van der Waals surface area contributed by atoms with Gasteiger partial charge in [0.05, 0.1) is 11.7 Å². The van der Waals surface area contributed by atoms with Crippen LogP contribution in [0.4, 0.5) is 0 Å². The lowest BCUT2D eigenvalue weighted by atomic mass is 9.77. The van der Waals surface area contributed by atoms with E-state index in [0.717, 1.165) is 35.1 Å². The number of benzene rings is 1. The van der Waals surface area contributed by atoms with Crippen molar-refractivity contribution in [2.24, 2.45) is 5.73 Å². The number of nitrogens with zero attached hydrogens (tertiary/aromatic N) is 3. The third kappa shape index (κ3) is 3.63. The van der Waals surface area contributed by atoms with Crippen molar-refractivity contribution in [3.63, 3.8) is 0 Å². The van der Waals surface area contributed by atoms with Gasteiger partial charge in [-0.1, -0.05) is 39.3 Å². The average Bonchev–Trinajstić information content (AvgIpc) is 3.20. The summed E-state index contributed by atoms with van der Waals surface area (Å²) in [5.74, 6) is 2.57. The van der Waals surface area contributed by atoms with Crippen molar-refractivity contribution in [1.82, 2.24) is 15.1 Å². The Morgan fingerprint density at radius 3 is 2.64 bits per heavy atom. The van der Waals surface area contributed by atoms with Crippen molar-refractivity contribution in [1.29, 1.82) is 0 Å². The van der Waals surface area contributed by atoms with Crippen molar-refractivity contribution in [3.05, 3.63) is 52.5 Å². The van der Waals surface area contributed by atoms with Gasteiger partial charge in [-0.25, -0.2) is 4.98 Å². The molecule has 8 heteroatoms. The van der Waals surface area contributed by atoms with Crippen LogP contribution in [0.25, 0.3) is 11.3 Å². The number of aromatic nitrogens is 3. The smallest absolute Gasteiger partial charge is 0.227 e. The van der Waals surface area contributed by atoms with Crippen molar-refractivity contribution < 1.29 is 8.94 Å². The average molecular weight is 426 g/mol. The highest BCUT2D eigenvalue weighted by Crippen LogP contribution is 2.37. The van der Waals surface area contributed by atoms with Gasteiger partial charge in [-0.3, -0.25) is 0 Å². The third-order valence-corrected chi connectivity index (χ3v) is 5.10. The molecule has 2 heterocycles. The van der Waals surface area contributed by atoms with Gasteiger partial charge in [-0.05, 0) is 25.3 Å². The standard InChI is InChI=1S/C17H17BrN4O2.ClH/c18-12-5-2-1-4-11(12)13-10-20-14(23-13)6-7-15-21-16(22-24-15)17(19)8-3-9-17;/h1-2,4-5,10H,3,6-9,19H2;1H. The fourth-order valence-electron chi connectivity index (χ4n) is 2.77. The number of hydrogen-bond acceptors (Lipinski definition) is 6. The quantitative estimate of drug-likeness (QED) is 0.663. The van der Waals surface area contributed by atoms with E-state index < -0.39 is 5.54 Å². The number of oxazole rings is 1. The summed E-state index contributed by atoms with van der Waals surface area (Å²) in [6, 6.07) is 7.88. The van der Waals surface area contributed by atoms with E-state index in [1.54, 1.807) is 6.20 Å². The first kappa shape index (κ1) is 18.1. The van der Waals surface area contributed by atoms with Crippen molar-refractivity contribution in [2.75, 3.05) is 0 Å². The van der Waals surface area contributed by atoms with Gasteiger partial charge in [-0.2, -0.15) is 4.98 Å². The van der Waals surface area contributed by atoms with Crippen LogP contribution in [0.3, 0.4) is 0 Å². The Bertz CT molecular complexity index is 860. The summed E-state index contributed by atoms with van der Waals surface area (Å²) >= 11 is 3.52. The molecule has 0 amide bonds. The predicted octanol–water partition coefficient (Wildman–Crippen LogP) is 4.03. The minimum atomic E-state index is -0.391. The molecule has 3 aromatic rings. The molecule has 0 radical (unpaired) electrons. The summed E-state index contributed by atoms with van der Waals surface area (Å²) in [6.45, 7) is 0. The minimum Gasteiger partial charge on any atom is -0.441 e. The Kier molecular flexibility index (Phi) is 5.27. The summed E-state index contributed by atoms with van der Waals surface area (Å²) in [5.41, 5.74) is 6.79. The van der Waals surface area contributed by atoms with Crippen LogP contribution in [0.5, 0.6) is 0 Å². The van der Waals surface area contributed by atoms with Crippen LogP contribution >= 0.6 is 28.3 Å².